The number of morpholine rings is 1. The van der Waals surface area contributed by atoms with E-state index in [1.165, 1.54) is 0 Å². The van der Waals surface area contributed by atoms with Crippen LogP contribution in [0.4, 0.5) is 0 Å². The highest BCUT2D eigenvalue weighted by molar-refractivity contribution is 5.76. The summed E-state index contributed by atoms with van der Waals surface area (Å²) in [4.78, 5) is 16.5. The quantitative estimate of drug-likeness (QED) is 0.855. The molecule has 2 fully saturated rings. The Balaban J connectivity index is 1.35. The molecule has 2 aliphatic heterocycles. The summed E-state index contributed by atoms with van der Waals surface area (Å²) in [6.07, 6.45) is 3.95. The zero-order valence-corrected chi connectivity index (χ0v) is 14.3. The molecule has 3 rings (SSSR count). The number of ether oxygens (including phenoxy) is 1. The van der Waals surface area contributed by atoms with Crippen LogP contribution in [-0.4, -0.2) is 60.2 Å². The Morgan fingerprint density at radius 2 is 1.83 bits per heavy atom. The average molecular weight is 336 g/mol. The Hall–Kier alpha value is -1.37. The van der Waals surface area contributed by atoms with Crippen molar-refractivity contribution in [1.82, 2.24) is 9.80 Å². The number of aliphatic hydroxyl groups excluding tert-OH is 1. The van der Waals surface area contributed by atoms with Crippen LogP contribution in [-0.2, 0) is 22.7 Å². The second kappa shape index (κ2) is 8.65. The summed E-state index contributed by atoms with van der Waals surface area (Å²) in [5, 5.41) is 9.04. The van der Waals surface area contributed by atoms with Gasteiger partial charge in [0.05, 0.1) is 19.8 Å². The number of carbonyl (C=O) groups is 1. The molecule has 1 N–H and O–H groups in total. The lowest BCUT2D eigenvalue weighted by Gasteiger charge is -2.32. The molecule has 134 valence electrons. The molecule has 1 aromatic rings. The van der Waals surface area contributed by atoms with Gasteiger partial charge in [-0.2, -0.15) is 0 Å². The Morgan fingerprint density at radius 1 is 1.12 bits per heavy atom. The first kappa shape index (κ1) is 17.5. The van der Waals surface area contributed by atoms with Gasteiger partial charge in [-0.05, 0) is 50.4 Å². The van der Waals surface area contributed by atoms with Gasteiger partial charge in [0.15, 0.2) is 0 Å². The van der Waals surface area contributed by atoms with E-state index in [1.54, 1.807) is 0 Å². The van der Waals surface area contributed by atoms with E-state index >= 15 is 0 Å². The highest BCUT2D eigenvalue weighted by atomic mass is 16.5. The summed E-state index contributed by atoms with van der Waals surface area (Å²) < 4.78 is 10.8. The fourth-order valence-electron chi connectivity index (χ4n) is 3.54. The fourth-order valence-corrected chi connectivity index (χ4v) is 3.54. The third-order valence-corrected chi connectivity index (χ3v) is 5.09. The molecule has 2 saturated heterocycles. The zero-order chi connectivity index (χ0) is 16.8. The second-order valence-corrected chi connectivity index (χ2v) is 6.78. The molecule has 2 aliphatic rings. The number of piperidine rings is 1. The highest BCUT2D eigenvalue weighted by Crippen LogP contribution is 2.24. The van der Waals surface area contributed by atoms with Crippen molar-refractivity contribution in [2.24, 2.45) is 5.92 Å². The molecule has 6 nitrogen and oxygen atoms in total. The van der Waals surface area contributed by atoms with Gasteiger partial charge in [-0.25, -0.2) is 0 Å². The first-order chi connectivity index (χ1) is 11.7. The summed E-state index contributed by atoms with van der Waals surface area (Å²) in [6.45, 7) is 5.70. The lowest BCUT2D eigenvalue weighted by atomic mass is 9.92. The summed E-state index contributed by atoms with van der Waals surface area (Å²) in [6, 6.07) is 3.78. The number of likely N-dealkylation sites (tertiary alicyclic amines) is 1. The van der Waals surface area contributed by atoms with Gasteiger partial charge in [-0.1, -0.05) is 0 Å². The van der Waals surface area contributed by atoms with Crippen LogP contribution < -0.4 is 0 Å². The van der Waals surface area contributed by atoms with E-state index in [0.29, 0.717) is 31.3 Å². The number of aliphatic hydroxyl groups is 1. The summed E-state index contributed by atoms with van der Waals surface area (Å²) in [5.74, 6) is 2.48. The normalized spacial score (nSPS) is 20.5. The van der Waals surface area contributed by atoms with Gasteiger partial charge in [0.25, 0.3) is 0 Å². The summed E-state index contributed by atoms with van der Waals surface area (Å²) in [7, 11) is 0. The molecule has 6 heteroatoms. The van der Waals surface area contributed by atoms with Crippen LogP contribution in [0.25, 0.3) is 0 Å². The van der Waals surface area contributed by atoms with Crippen molar-refractivity contribution < 1.29 is 19.1 Å². The summed E-state index contributed by atoms with van der Waals surface area (Å²) in [5.41, 5.74) is 0. The van der Waals surface area contributed by atoms with Crippen LogP contribution in [0, 0.1) is 5.92 Å². The first-order valence-corrected chi connectivity index (χ1v) is 9.01. The van der Waals surface area contributed by atoms with Gasteiger partial charge in [-0.3, -0.25) is 9.69 Å². The predicted molar refractivity (Wildman–Crippen MR) is 89.3 cm³/mol. The third kappa shape index (κ3) is 4.82. The van der Waals surface area contributed by atoms with Crippen molar-refractivity contribution in [3.63, 3.8) is 0 Å². The molecule has 0 radical (unpaired) electrons. The van der Waals surface area contributed by atoms with E-state index in [0.717, 1.165) is 57.7 Å². The molecule has 0 spiro atoms. The molecule has 0 bridgehead atoms. The van der Waals surface area contributed by atoms with Crippen LogP contribution in [0.15, 0.2) is 16.5 Å². The molecule has 24 heavy (non-hydrogen) atoms. The number of carbonyl (C=O) groups excluding carboxylic acids is 1. The minimum atomic E-state index is -0.0424. The molecule has 0 unspecified atom stereocenters. The number of nitrogens with zero attached hydrogens (tertiary/aromatic N) is 2. The van der Waals surface area contributed by atoms with Crippen LogP contribution in [0.3, 0.4) is 0 Å². The smallest absolute Gasteiger partial charge is 0.222 e. The van der Waals surface area contributed by atoms with Gasteiger partial charge in [0.1, 0.15) is 18.1 Å². The minimum absolute atomic E-state index is 0.0424. The molecule has 0 aliphatic carbocycles. The summed E-state index contributed by atoms with van der Waals surface area (Å²) >= 11 is 0. The Bertz CT molecular complexity index is 517. The minimum Gasteiger partial charge on any atom is -0.462 e. The van der Waals surface area contributed by atoms with Crippen molar-refractivity contribution in [3.05, 3.63) is 23.7 Å². The average Bonchev–Trinajstić information content (AvgIpc) is 3.09. The number of rotatable bonds is 6. The third-order valence-electron chi connectivity index (χ3n) is 5.09. The molecule has 3 heterocycles. The van der Waals surface area contributed by atoms with Crippen molar-refractivity contribution in [2.45, 2.75) is 38.8 Å². The maximum absolute atomic E-state index is 12.2. The first-order valence-electron chi connectivity index (χ1n) is 9.01. The van der Waals surface area contributed by atoms with Crippen LogP contribution in [0.5, 0.6) is 0 Å². The lowest BCUT2D eigenvalue weighted by molar-refractivity contribution is -0.135. The van der Waals surface area contributed by atoms with E-state index in [4.69, 9.17) is 14.3 Å². The molecular formula is C18H28N2O4. The van der Waals surface area contributed by atoms with Gasteiger partial charge < -0.3 is 19.2 Å². The van der Waals surface area contributed by atoms with Crippen molar-refractivity contribution >= 4 is 5.91 Å². The van der Waals surface area contributed by atoms with E-state index in [-0.39, 0.29) is 12.5 Å². The predicted octanol–water partition coefficient (Wildman–Crippen LogP) is 1.62. The SMILES string of the molecule is O=C(CCC1CCN(Cc2ccc(CO)o2)CC1)N1CCOCC1. The maximum Gasteiger partial charge on any atom is 0.222 e. The highest BCUT2D eigenvalue weighted by Gasteiger charge is 2.22. The van der Waals surface area contributed by atoms with E-state index in [2.05, 4.69) is 4.90 Å². The molecule has 0 aromatic carbocycles. The molecule has 0 saturated carbocycles. The fraction of sp³-hybridized carbons (Fsp3) is 0.722. The lowest BCUT2D eigenvalue weighted by Crippen LogP contribution is -2.41. The zero-order valence-electron chi connectivity index (χ0n) is 14.3. The number of hydrogen-bond acceptors (Lipinski definition) is 5. The Labute approximate surface area is 143 Å². The maximum atomic E-state index is 12.2. The van der Waals surface area contributed by atoms with Crippen LogP contribution >= 0.6 is 0 Å². The van der Waals surface area contributed by atoms with Crippen molar-refractivity contribution in [3.8, 4) is 0 Å². The standard InChI is InChI=1S/C18H28N2O4/c21-14-17-3-2-16(24-17)13-19-7-5-15(6-8-19)1-4-18(22)20-9-11-23-12-10-20/h2-3,15,21H,1,4-14H2. The number of hydrogen-bond donors (Lipinski definition) is 1. The van der Waals surface area contributed by atoms with E-state index in [9.17, 15) is 4.79 Å². The van der Waals surface area contributed by atoms with Crippen molar-refractivity contribution in [1.29, 1.82) is 0 Å². The topological polar surface area (TPSA) is 66.2 Å². The largest absolute Gasteiger partial charge is 0.462 e. The molecule has 1 amide bonds. The van der Waals surface area contributed by atoms with Gasteiger partial charge in [0, 0.05) is 19.5 Å². The van der Waals surface area contributed by atoms with E-state index < -0.39 is 0 Å². The van der Waals surface area contributed by atoms with Gasteiger partial charge in [0.2, 0.25) is 5.91 Å². The molecule has 0 atom stereocenters. The van der Waals surface area contributed by atoms with Gasteiger partial charge in [-0.15, -0.1) is 0 Å². The van der Waals surface area contributed by atoms with E-state index in [1.807, 2.05) is 17.0 Å². The second-order valence-electron chi connectivity index (χ2n) is 6.78. The Morgan fingerprint density at radius 3 is 2.50 bits per heavy atom. The van der Waals surface area contributed by atoms with Gasteiger partial charge >= 0.3 is 0 Å². The van der Waals surface area contributed by atoms with Crippen LogP contribution in [0.1, 0.15) is 37.2 Å². The van der Waals surface area contributed by atoms with Crippen molar-refractivity contribution in [2.75, 3.05) is 39.4 Å². The monoisotopic (exact) mass is 336 g/mol. The Kier molecular flexibility index (Phi) is 6.29. The molecular weight excluding hydrogens is 308 g/mol. The number of amides is 1. The number of furan rings is 1. The molecule has 1 aromatic heterocycles. The van der Waals surface area contributed by atoms with Crippen LogP contribution in [0.2, 0.25) is 0 Å².